The number of ketones is 1. The van der Waals surface area contributed by atoms with Crippen LogP contribution >= 0.6 is 22.7 Å². The predicted octanol–water partition coefficient (Wildman–Crippen LogP) is 3.41. The fourth-order valence-corrected chi connectivity index (χ4v) is 3.78. The molecule has 0 bridgehead atoms. The van der Waals surface area contributed by atoms with Gasteiger partial charge < -0.3 is 5.11 Å². The molecule has 2 rings (SSSR count). The lowest BCUT2D eigenvalue weighted by Gasteiger charge is -1.95. The molecule has 0 aliphatic carbocycles. The van der Waals surface area contributed by atoms with Crippen molar-refractivity contribution in [1.29, 1.82) is 0 Å². The lowest BCUT2D eigenvalue weighted by atomic mass is 10.2. The molecule has 0 aliphatic rings. The molecule has 0 unspecified atom stereocenters. The van der Waals surface area contributed by atoms with Gasteiger partial charge in [0, 0.05) is 11.3 Å². The molecule has 0 radical (unpaired) electrons. The molecule has 0 saturated heterocycles. The zero-order valence-corrected chi connectivity index (χ0v) is 12.7. The van der Waals surface area contributed by atoms with E-state index < -0.39 is 5.97 Å². The van der Waals surface area contributed by atoms with E-state index in [4.69, 9.17) is 5.11 Å². The molecule has 106 valence electrons. The van der Waals surface area contributed by atoms with Crippen molar-refractivity contribution in [3.05, 3.63) is 27.4 Å². The highest BCUT2D eigenvalue weighted by Crippen LogP contribution is 2.32. The number of thiazole rings is 1. The van der Waals surface area contributed by atoms with Gasteiger partial charge in [-0.25, -0.2) is 4.98 Å². The van der Waals surface area contributed by atoms with Crippen molar-refractivity contribution in [2.75, 3.05) is 0 Å². The predicted molar refractivity (Wildman–Crippen MR) is 80.4 cm³/mol. The van der Waals surface area contributed by atoms with E-state index in [2.05, 4.69) is 4.98 Å². The molecular weight excluding hydrogens is 294 g/mol. The highest BCUT2D eigenvalue weighted by molar-refractivity contribution is 7.15. The summed E-state index contributed by atoms with van der Waals surface area (Å²) in [4.78, 5) is 28.8. The summed E-state index contributed by atoms with van der Waals surface area (Å²) in [6.07, 6.45) is 1.62. The van der Waals surface area contributed by atoms with Gasteiger partial charge in [0.1, 0.15) is 10.8 Å². The number of carboxylic acids is 1. The maximum atomic E-state index is 11.7. The van der Waals surface area contributed by atoms with E-state index in [9.17, 15) is 9.59 Å². The quantitative estimate of drug-likeness (QED) is 0.851. The molecule has 0 aromatic carbocycles. The first-order valence-electron chi connectivity index (χ1n) is 6.36. The third-order valence-corrected chi connectivity index (χ3v) is 4.62. The third-order valence-electron chi connectivity index (χ3n) is 2.69. The molecule has 2 aromatic heterocycles. The molecule has 0 fully saturated rings. The first-order chi connectivity index (χ1) is 9.60. The maximum Gasteiger partial charge on any atom is 0.308 e. The Kier molecular flexibility index (Phi) is 5.03. The number of carboxylic acid groups (broad SMARTS) is 1. The second kappa shape index (κ2) is 6.76. The Balaban J connectivity index is 2.27. The number of carbonyl (C=O) groups is 2. The van der Waals surface area contributed by atoms with E-state index in [1.54, 1.807) is 0 Å². The monoisotopic (exact) mass is 309 g/mol. The Morgan fingerprint density at radius 1 is 1.35 bits per heavy atom. The van der Waals surface area contributed by atoms with Crippen LogP contribution in [0.15, 0.2) is 17.5 Å². The fraction of sp³-hybridized carbons (Fsp3) is 0.357. The van der Waals surface area contributed by atoms with Crippen LogP contribution in [0.25, 0.3) is 10.6 Å². The first-order valence-corrected chi connectivity index (χ1v) is 8.05. The van der Waals surface area contributed by atoms with Crippen molar-refractivity contribution >= 4 is 34.4 Å². The molecule has 2 aromatic rings. The number of aromatic nitrogens is 1. The van der Waals surface area contributed by atoms with Crippen molar-refractivity contribution in [3.8, 4) is 10.6 Å². The molecular formula is C14H15NO3S2. The van der Waals surface area contributed by atoms with Crippen LogP contribution < -0.4 is 0 Å². The fourth-order valence-electron chi connectivity index (χ4n) is 1.87. The second-order valence-corrected chi connectivity index (χ2v) is 6.51. The summed E-state index contributed by atoms with van der Waals surface area (Å²) in [6.45, 7) is 1.96. The summed E-state index contributed by atoms with van der Waals surface area (Å²) in [7, 11) is 0. The van der Waals surface area contributed by atoms with Gasteiger partial charge in [0.25, 0.3) is 0 Å². The molecule has 0 atom stereocenters. The van der Waals surface area contributed by atoms with Crippen LogP contribution in [0.3, 0.4) is 0 Å². The van der Waals surface area contributed by atoms with Gasteiger partial charge in [-0.2, -0.15) is 0 Å². The van der Waals surface area contributed by atoms with Crippen LogP contribution in [0, 0.1) is 0 Å². The first kappa shape index (κ1) is 14.9. The van der Waals surface area contributed by atoms with Gasteiger partial charge in [-0.15, -0.1) is 22.7 Å². The van der Waals surface area contributed by atoms with Crippen molar-refractivity contribution in [2.45, 2.75) is 32.6 Å². The highest BCUT2D eigenvalue weighted by atomic mass is 32.1. The SMILES string of the molecule is CCCC(=O)Cc1nc(-c2cccs2)c(CC(=O)O)s1. The van der Waals surface area contributed by atoms with Crippen LogP contribution in [-0.4, -0.2) is 21.8 Å². The average Bonchev–Trinajstić information content (AvgIpc) is 2.98. The van der Waals surface area contributed by atoms with Gasteiger partial charge in [0.05, 0.1) is 23.4 Å². The number of nitrogens with zero attached hydrogens (tertiary/aromatic N) is 1. The zero-order valence-electron chi connectivity index (χ0n) is 11.1. The number of hydrogen-bond acceptors (Lipinski definition) is 5. The number of rotatable bonds is 7. The minimum atomic E-state index is -0.877. The van der Waals surface area contributed by atoms with Crippen LogP contribution in [0.2, 0.25) is 0 Å². The van der Waals surface area contributed by atoms with Gasteiger partial charge in [-0.3, -0.25) is 9.59 Å². The Hall–Kier alpha value is -1.53. The molecule has 6 heteroatoms. The van der Waals surface area contributed by atoms with Gasteiger partial charge in [-0.05, 0) is 17.9 Å². The van der Waals surface area contributed by atoms with Crippen molar-refractivity contribution in [3.63, 3.8) is 0 Å². The van der Waals surface area contributed by atoms with Crippen molar-refractivity contribution in [1.82, 2.24) is 4.98 Å². The van der Waals surface area contributed by atoms with Gasteiger partial charge >= 0.3 is 5.97 Å². The summed E-state index contributed by atoms with van der Waals surface area (Å²) in [5, 5.41) is 11.6. The van der Waals surface area contributed by atoms with E-state index in [-0.39, 0.29) is 12.2 Å². The van der Waals surface area contributed by atoms with Crippen LogP contribution in [0.1, 0.15) is 29.7 Å². The van der Waals surface area contributed by atoms with E-state index >= 15 is 0 Å². The number of aliphatic carboxylic acids is 1. The summed E-state index contributed by atoms with van der Waals surface area (Å²) in [5.41, 5.74) is 0.715. The molecule has 0 spiro atoms. The standard InChI is InChI=1S/C14H15NO3S2/c1-2-4-9(16)7-12-15-14(10-5-3-6-19-10)11(20-12)8-13(17)18/h3,5-6H,2,4,7-8H2,1H3,(H,17,18). The normalized spacial score (nSPS) is 10.7. The molecule has 0 amide bonds. The number of Topliss-reactive ketones (excluding diaryl/α,β-unsaturated/α-hetero) is 1. The van der Waals surface area contributed by atoms with Crippen LogP contribution in [0.4, 0.5) is 0 Å². The second-order valence-electron chi connectivity index (χ2n) is 4.39. The number of hydrogen-bond donors (Lipinski definition) is 1. The summed E-state index contributed by atoms with van der Waals surface area (Å²) in [6, 6.07) is 3.83. The molecule has 2 heterocycles. The van der Waals surface area contributed by atoms with E-state index in [1.165, 1.54) is 22.7 Å². The third kappa shape index (κ3) is 3.74. The average molecular weight is 309 g/mol. The van der Waals surface area contributed by atoms with Crippen molar-refractivity contribution in [2.24, 2.45) is 0 Å². The Morgan fingerprint density at radius 2 is 2.15 bits per heavy atom. The molecule has 20 heavy (non-hydrogen) atoms. The summed E-state index contributed by atoms with van der Waals surface area (Å²) >= 11 is 2.86. The smallest absolute Gasteiger partial charge is 0.308 e. The number of carbonyl (C=O) groups excluding carboxylic acids is 1. The molecule has 0 saturated carbocycles. The lowest BCUT2D eigenvalue weighted by Crippen LogP contribution is -2.01. The maximum absolute atomic E-state index is 11.7. The lowest BCUT2D eigenvalue weighted by molar-refractivity contribution is -0.136. The largest absolute Gasteiger partial charge is 0.481 e. The van der Waals surface area contributed by atoms with E-state index in [1.807, 2.05) is 24.4 Å². The molecule has 4 nitrogen and oxygen atoms in total. The van der Waals surface area contributed by atoms with Gasteiger partial charge in [0.15, 0.2) is 0 Å². The summed E-state index contributed by atoms with van der Waals surface area (Å²) < 4.78 is 0. The van der Waals surface area contributed by atoms with Crippen LogP contribution in [-0.2, 0) is 22.4 Å². The number of thiophene rings is 1. The molecule has 0 aliphatic heterocycles. The van der Waals surface area contributed by atoms with E-state index in [0.29, 0.717) is 23.5 Å². The van der Waals surface area contributed by atoms with Crippen LogP contribution in [0.5, 0.6) is 0 Å². The topological polar surface area (TPSA) is 67.3 Å². The minimum absolute atomic E-state index is 0.0487. The highest BCUT2D eigenvalue weighted by Gasteiger charge is 2.17. The van der Waals surface area contributed by atoms with Gasteiger partial charge in [-0.1, -0.05) is 13.0 Å². The van der Waals surface area contributed by atoms with Gasteiger partial charge in [0.2, 0.25) is 0 Å². The van der Waals surface area contributed by atoms with E-state index in [0.717, 1.165) is 16.2 Å². The molecule has 1 N–H and O–H groups in total. The Bertz CT molecular complexity index is 602. The Morgan fingerprint density at radius 3 is 2.75 bits per heavy atom. The summed E-state index contributed by atoms with van der Waals surface area (Å²) in [5.74, 6) is -0.723. The van der Waals surface area contributed by atoms with Crippen molar-refractivity contribution < 1.29 is 14.7 Å². The zero-order chi connectivity index (χ0) is 14.5. The minimum Gasteiger partial charge on any atom is -0.481 e. The Labute approximate surface area is 125 Å².